The van der Waals surface area contributed by atoms with Gasteiger partial charge in [-0.1, -0.05) is 30.3 Å². The molecule has 19 heavy (non-hydrogen) atoms. The lowest BCUT2D eigenvalue weighted by Crippen LogP contribution is -2.00. The lowest BCUT2D eigenvalue weighted by molar-refractivity contribution is 0.101. The maximum atomic E-state index is 11.4. The molecule has 2 rings (SSSR count). The van der Waals surface area contributed by atoms with Gasteiger partial charge in [0.2, 0.25) is 0 Å². The van der Waals surface area contributed by atoms with Gasteiger partial charge in [-0.2, -0.15) is 0 Å². The maximum Gasteiger partial charge on any atom is 0.159 e. The third kappa shape index (κ3) is 3.44. The van der Waals surface area contributed by atoms with E-state index in [1.165, 1.54) is 0 Å². The second-order valence-corrected chi connectivity index (χ2v) is 5.29. The minimum atomic E-state index is 0.0541. The van der Waals surface area contributed by atoms with Crippen LogP contribution in [-0.4, -0.2) is 5.78 Å². The molecule has 0 saturated heterocycles. The van der Waals surface area contributed by atoms with E-state index in [-0.39, 0.29) is 5.78 Å². The molecule has 2 nitrogen and oxygen atoms in total. The van der Waals surface area contributed by atoms with Crippen molar-refractivity contribution in [3.63, 3.8) is 0 Å². The van der Waals surface area contributed by atoms with Crippen molar-refractivity contribution in [1.29, 1.82) is 0 Å². The standard InChI is InChI=1S/C16H15BrO2/c1-11-8-14(12(2)18)9-15(17)16(11)19-10-13-6-4-3-5-7-13/h3-9H,10H2,1-2H3. The molecule has 0 unspecified atom stereocenters. The topological polar surface area (TPSA) is 26.3 Å². The number of ketones is 1. The van der Waals surface area contributed by atoms with Gasteiger partial charge in [-0.15, -0.1) is 0 Å². The zero-order chi connectivity index (χ0) is 13.8. The summed E-state index contributed by atoms with van der Waals surface area (Å²) in [6, 6.07) is 13.6. The van der Waals surface area contributed by atoms with Crippen molar-refractivity contribution in [1.82, 2.24) is 0 Å². The Labute approximate surface area is 121 Å². The van der Waals surface area contributed by atoms with Crippen molar-refractivity contribution < 1.29 is 9.53 Å². The molecule has 0 heterocycles. The largest absolute Gasteiger partial charge is 0.487 e. The Morgan fingerprint density at radius 2 is 1.89 bits per heavy atom. The molecule has 3 heteroatoms. The predicted octanol–water partition coefficient (Wildman–Crippen LogP) is 4.54. The van der Waals surface area contributed by atoms with Gasteiger partial charge < -0.3 is 4.74 Å². The van der Waals surface area contributed by atoms with Crippen LogP contribution in [0, 0.1) is 6.92 Å². The van der Waals surface area contributed by atoms with Gasteiger partial charge in [0.25, 0.3) is 0 Å². The van der Waals surface area contributed by atoms with E-state index in [1.54, 1.807) is 13.0 Å². The molecule has 0 saturated carbocycles. The third-order valence-electron chi connectivity index (χ3n) is 2.86. The molecule has 0 aliphatic heterocycles. The lowest BCUT2D eigenvalue weighted by Gasteiger charge is -2.12. The highest BCUT2D eigenvalue weighted by Crippen LogP contribution is 2.31. The zero-order valence-electron chi connectivity index (χ0n) is 10.9. The van der Waals surface area contributed by atoms with Crippen LogP contribution in [0.25, 0.3) is 0 Å². The summed E-state index contributed by atoms with van der Waals surface area (Å²) in [5, 5.41) is 0. The average molecular weight is 319 g/mol. The van der Waals surface area contributed by atoms with E-state index in [9.17, 15) is 4.79 Å². The number of ether oxygens (including phenoxy) is 1. The summed E-state index contributed by atoms with van der Waals surface area (Å²) in [7, 11) is 0. The fourth-order valence-electron chi connectivity index (χ4n) is 1.85. The van der Waals surface area contributed by atoms with Crippen molar-refractivity contribution in [2.45, 2.75) is 20.5 Å². The van der Waals surface area contributed by atoms with Gasteiger partial charge in [-0.05, 0) is 53.0 Å². The van der Waals surface area contributed by atoms with Gasteiger partial charge in [0.15, 0.2) is 5.78 Å². The Balaban J connectivity index is 2.19. The van der Waals surface area contributed by atoms with Crippen LogP contribution in [0.2, 0.25) is 0 Å². The molecule has 0 bridgehead atoms. The molecular formula is C16H15BrO2. The molecule has 0 fully saturated rings. The summed E-state index contributed by atoms with van der Waals surface area (Å²) >= 11 is 3.46. The van der Waals surface area contributed by atoms with Crippen molar-refractivity contribution in [2.75, 3.05) is 0 Å². The lowest BCUT2D eigenvalue weighted by atomic mass is 10.1. The van der Waals surface area contributed by atoms with Gasteiger partial charge in [-0.3, -0.25) is 4.79 Å². The molecule has 0 aliphatic rings. The first-order valence-electron chi connectivity index (χ1n) is 6.05. The summed E-state index contributed by atoms with van der Waals surface area (Å²) in [6.45, 7) is 4.02. The van der Waals surface area contributed by atoms with Crippen LogP contribution in [-0.2, 0) is 6.61 Å². The van der Waals surface area contributed by atoms with E-state index in [0.717, 1.165) is 21.3 Å². The van der Waals surface area contributed by atoms with E-state index in [4.69, 9.17) is 4.74 Å². The number of hydrogen-bond donors (Lipinski definition) is 0. The second kappa shape index (κ2) is 6.02. The number of hydrogen-bond acceptors (Lipinski definition) is 2. The quantitative estimate of drug-likeness (QED) is 0.774. The average Bonchev–Trinajstić information content (AvgIpc) is 2.38. The van der Waals surface area contributed by atoms with E-state index >= 15 is 0 Å². The highest BCUT2D eigenvalue weighted by Gasteiger charge is 2.10. The molecule has 0 aliphatic carbocycles. The first kappa shape index (κ1) is 13.8. The van der Waals surface area contributed by atoms with Crippen molar-refractivity contribution in [2.24, 2.45) is 0 Å². The van der Waals surface area contributed by atoms with E-state index < -0.39 is 0 Å². The Kier molecular flexibility index (Phi) is 4.38. The zero-order valence-corrected chi connectivity index (χ0v) is 12.5. The Bertz CT molecular complexity index is 568. The first-order chi connectivity index (χ1) is 9.08. The monoisotopic (exact) mass is 318 g/mol. The van der Waals surface area contributed by atoms with Crippen LogP contribution >= 0.6 is 15.9 Å². The van der Waals surface area contributed by atoms with E-state index in [2.05, 4.69) is 15.9 Å². The number of carbonyl (C=O) groups excluding carboxylic acids is 1. The number of Topliss-reactive ketones (excluding diaryl/α,β-unsaturated/α-hetero) is 1. The fourth-order valence-corrected chi connectivity index (χ4v) is 2.52. The second-order valence-electron chi connectivity index (χ2n) is 4.43. The Morgan fingerprint density at radius 1 is 1.21 bits per heavy atom. The molecule has 98 valence electrons. The highest BCUT2D eigenvalue weighted by molar-refractivity contribution is 9.10. The maximum absolute atomic E-state index is 11.4. The molecule has 0 amide bonds. The summed E-state index contributed by atoms with van der Waals surface area (Å²) in [4.78, 5) is 11.4. The summed E-state index contributed by atoms with van der Waals surface area (Å²) in [6.07, 6.45) is 0. The predicted molar refractivity (Wildman–Crippen MR) is 79.7 cm³/mol. The van der Waals surface area contributed by atoms with Gasteiger partial charge in [0.05, 0.1) is 4.47 Å². The normalized spacial score (nSPS) is 10.3. The smallest absolute Gasteiger partial charge is 0.159 e. The van der Waals surface area contributed by atoms with Crippen molar-refractivity contribution in [3.05, 3.63) is 63.6 Å². The molecule has 2 aromatic carbocycles. The number of benzene rings is 2. The summed E-state index contributed by atoms with van der Waals surface area (Å²) in [5.41, 5.74) is 2.76. The van der Waals surface area contributed by atoms with E-state index in [0.29, 0.717) is 12.2 Å². The highest BCUT2D eigenvalue weighted by atomic mass is 79.9. The minimum absolute atomic E-state index is 0.0541. The third-order valence-corrected chi connectivity index (χ3v) is 3.45. The first-order valence-corrected chi connectivity index (χ1v) is 6.85. The SMILES string of the molecule is CC(=O)c1cc(C)c(OCc2ccccc2)c(Br)c1. The number of carbonyl (C=O) groups is 1. The molecule has 0 aromatic heterocycles. The number of halogens is 1. The van der Waals surface area contributed by atoms with Crippen LogP contribution in [0.15, 0.2) is 46.9 Å². The van der Waals surface area contributed by atoms with Crippen LogP contribution in [0.3, 0.4) is 0 Å². The van der Waals surface area contributed by atoms with Crippen molar-refractivity contribution in [3.8, 4) is 5.75 Å². The van der Waals surface area contributed by atoms with Crippen LogP contribution < -0.4 is 4.74 Å². The van der Waals surface area contributed by atoms with Gasteiger partial charge in [-0.25, -0.2) is 0 Å². The van der Waals surface area contributed by atoms with E-state index in [1.807, 2.05) is 43.3 Å². The van der Waals surface area contributed by atoms with Crippen LogP contribution in [0.5, 0.6) is 5.75 Å². The molecular weight excluding hydrogens is 304 g/mol. The van der Waals surface area contributed by atoms with Gasteiger partial charge >= 0.3 is 0 Å². The molecule has 2 aromatic rings. The number of rotatable bonds is 4. The molecule has 0 radical (unpaired) electrons. The molecule has 0 N–H and O–H groups in total. The van der Waals surface area contributed by atoms with Gasteiger partial charge in [0.1, 0.15) is 12.4 Å². The molecule has 0 spiro atoms. The summed E-state index contributed by atoms with van der Waals surface area (Å²) < 4.78 is 6.64. The molecule has 0 atom stereocenters. The number of aryl methyl sites for hydroxylation is 1. The fraction of sp³-hybridized carbons (Fsp3) is 0.188. The minimum Gasteiger partial charge on any atom is -0.487 e. The van der Waals surface area contributed by atoms with Crippen LogP contribution in [0.4, 0.5) is 0 Å². The Hall–Kier alpha value is -1.61. The van der Waals surface area contributed by atoms with Gasteiger partial charge in [0, 0.05) is 5.56 Å². The van der Waals surface area contributed by atoms with Crippen LogP contribution in [0.1, 0.15) is 28.4 Å². The summed E-state index contributed by atoms with van der Waals surface area (Å²) in [5.74, 6) is 0.840. The van der Waals surface area contributed by atoms with Crippen molar-refractivity contribution >= 4 is 21.7 Å². The Morgan fingerprint density at radius 3 is 2.47 bits per heavy atom.